The highest BCUT2D eigenvalue weighted by molar-refractivity contribution is 9.10. The van der Waals surface area contributed by atoms with E-state index in [4.69, 9.17) is 15.2 Å². The molecule has 0 aromatic heterocycles. The summed E-state index contributed by atoms with van der Waals surface area (Å²) >= 11 is 3.35. The molecule has 4 heteroatoms. The molecule has 0 spiro atoms. The van der Waals surface area contributed by atoms with E-state index in [9.17, 15) is 0 Å². The number of hydrogen-bond donors (Lipinski definition) is 1. The molecule has 1 saturated heterocycles. The molecule has 76 valence electrons. The number of hydrogen-bond acceptors (Lipinski definition) is 3. The third kappa shape index (κ3) is 2.19. The first-order chi connectivity index (χ1) is 6.75. The first-order valence-electron chi connectivity index (χ1n) is 4.55. The second kappa shape index (κ2) is 4.19. The maximum atomic E-state index is 5.80. The first kappa shape index (κ1) is 9.80. The van der Waals surface area contributed by atoms with E-state index in [1.807, 2.05) is 18.2 Å². The summed E-state index contributed by atoms with van der Waals surface area (Å²) in [5, 5.41) is 0. The van der Waals surface area contributed by atoms with Crippen molar-refractivity contribution < 1.29 is 9.47 Å². The molecule has 1 aliphatic rings. The van der Waals surface area contributed by atoms with Crippen molar-refractivity contribution in [3.63, 3.8) is 0 Å². The zero-order valence-corrected chi connectivity index (χ0v) is 9.29. The van der Waals surface area contributed by atoms with Crippen molar-refractivity contribution in [2.24, 2.45) is 0 Å². The van der Waals surface area contributed by atoms with E-state index >= 15 is 0 Å². The minimum absolute atomic E-state index is 0.151. The third-order valence-electron chi connectivity index (χ3n) is 2.15. The Hall–Kier alpha value is -0.740. The predicted octanol–water partition coefficient (Wildman–Crippen LogP) is 2.20. The van der Waals surface area contributed by atoms with Gasteiger partial charge in [-0.2, -0.15) is 0 Å². The molecule has 0 saturated carbocycles. The van der Waals surface area contributed by atoms with E-state index in [1.165, 1.54) is 0 Å². The smallest absolute Gasteiger partial charge is 0.142 e. The molecule has 0 bridgehead atoms. The van der Waals surface area contributed by atoms with Crippen LogP contribution in [0.15, 0.2) is 22.7 Å². The molecule has 1 aromatic rings. The molecule has 1 atom stereocenters. The van der Waals surface area contributed by atoms with Crippen LogP contribution in [0.4, 0.5) is 5.69 Å². The summed E-state index contributed by atoms with van der Waals surface area (Å²) in [5.74, 6) is 0.740. The minimum atomic E-state index is 0.151. The van der Waals surface area contributed by atoms with Crippen molar-refractivity contribution in [1.29, 1.82) is 0 Å². The Bertz CT molecular complexity index is 324. The highest BCUT2D eigenvalue weighted by atomic mass is 79.9. The molecular weight excluding hydrogens is 246 g/mol. The van der Waals surface area contributed by atoms with Gasteiger partial charge in [0.05, 0.1) is 18.9 Å². The standard InChI is InChI=1S/C10H12BrNO2/c11-7-1-2-10(9(12)5-7)14-8-3-4-13-6-8/h1-2,5,8H,3-4,6,12H2/t8-/m1/s1. The van der Waals surface area contributed by atoms with E-state index in [-0.39, 0.29) is 6.10 Å². The number of benzene rings is 1. The monoisotopic (exact) mass is 257 g/mol. The first-order valence-corrected chi connectivity index (χ1v) is 5.34. The summed E-state index contributed by atoms with van der Waals surface area (Å²) in [6.45, 7) is 1.44. The normalized spacial score (nSPS) is 21.1. The van der Waals surface area contributed by atoms with Crippen LogP contribution in [-0.2, 0) is 4.74 Å². The third-order valence-corrected chi connectivity index (χ3v) is 2.65. The quantitative estimate of drug-likeness (QED) is 0.827. The zero-order chi connectivity index (χ0) is 9.97. The lowest BCUT2D eigenvalue weighted by molar-refractivity contribution is 0.142. The maximum absolute atomic E-state index is 5.80. The van der Waals surface area contributed by atoms with Crippen molar-refractivity contribution >= 4 is 21.6 Å². The van der Waals surface area contributed by atoms with Gasteiger partial charge in [0, 0.05) is 10.9 Å². The van der Waals surface area contributed by atoms with Gasteiger partial charge in [-0.25, -0.2) is 0 Å². The number of nitrogens with two attached hydrogens (primary N) is 1. The molecule has 1 heterocycles. The number of halogens is 1. The van der Waals surface area contributed by atoms with Gasteiger partial charge in [-0.15, -0.1) is 0 Å². The molecule has 0 radical (unpaired) electrons. The van der Waals surface area contributed by atoms with Crippen LogP contribution in [0.5, 0.6) is 5.75 Å². The fourth-order valence-electron chi connectivity index (χ4n) is 1.41. The zero-order valence-electron chi connectivity index (χ0n) is 7.70. The van der Waals surface area contributed by atoms with Crippen molar-refractivity contribution in [1.82, 2.24) is 0 Å². The number of anilines is 1. The van der Waals surface area contributed by atoms with Gasteiger partial charge >= 0.3 is 0 Å². The van der Waals surface area contributed by atoms with Crippen molar-refractivity contribution in [3.8, 4) is 5.75 Å². The Balaban J connectivity index is 2.08. The van der Waals surface area contributed by atoms with Crippen LogP contribution < -0.4 is 10.5 Å². The molecule has 14 heavy (non-hydrogen) atoms. The molecule has 1 aromatic carbocycles. The van der Waals surface area contributed by atoms with E-state index in [1.54, 1.807) is 0 Å². The molecule has 2 N–H and O–H groups in total. The van der Waals surface area contributed by atoms with Crippen molar-refractivity contribution in [2.75, 3.05) is 18.9 Å². The summed E-state index contributed by atoms with van der Waals surface area (Å²) in [6.07, 6.45) is 1.09. The second-order valence-electron chi connectivity index (χ2n) is 3.29. The van der Waals surface area contributed by atoms with E-state index in [2.05, 4.69) is 15.9 Å². The van der Waals surface area contributed by atoms with E-state index < -0.39 is 0 Å². The summed E-state index contributed by atoms with van der Waals surface area (Å²) in [5.41, 5.74) is 6.46. The molecule has 0 aliphatic carbocycles. The van der Waals surface area contributed by atoms with Gasteiger partial charge in [0.25, 0.3) is 0 Å². The molecule has 0 unspecified atom stereocenters. The highest BCUT2D eigenvalue weighted by Gasteiger charge is 2.17. The van der Waals surface area contributed by atoms with Crippen LogP contribution in [-0.4, -0.2) is 19.3 Å². The Labute approximate surface area is 91.3 Å². The summed E-state index contributed by atoms with van der Waals surface area (Å²) in [4.78, 5) is 0. The lowest BCUT2D eigenvalue weighted by Gasteiger charge is -2.13. The van der Waals surface area contributed by atoms with Crippen molar-refractivity contribution in [3.05, 3.63) is 22.7 Å². The largest absolute Gasteiger partial charge is 0.486 e. The highest BCUT2D eigenvalue weighted by Crippen LogP contribution is 2.27. The average Bonchev–Trinajstić information content (AvgIpc) is 2.62. The van der Waals surface area contributed by atoms with Crippen LogP contribution in [0.25, 0.3) is 0 Å². The van der Waals surface area contributed by atoms with Gasteiger partial charge in [0.15, 0.2) is 0 Å². The number of rotatable bonds is 2. The molecule has 1 aliphatic heterocycles. The Morgan fingerprint density at radius 2 is 2.36 bits per heavy atom. The average molecular weight is 258 g/mol. The second-order valence-corrected chi connectivity index (χ2v) is 4.20. The summed E-state index contributed by atoms with van der Waals surface area (Å²) in [6, 6.07) is 5.63. The number of nitrogen functional groups attached to an aromatic ring is 1. The summed E-state index contributed by atoms with van der Waals surface area (Å²) < 4.78 is 11.9. The van der Waals surface area contributed by atoms with Crippen LogP contribution in [0, 0.1) is 0 Å². The van der Waals surface area contributed by atoms with E-state index in [0.29, 0.717) is 12.3 Å². The Morgan fingerprint density at radius 1 is 1.50 bits per heavy atom. The summed E-state index contributed by atoms with van der Waals surface area (Å²) in [7, 11) is 0. The lowest BCUT2D eigenvalue weighted by Crippen LogP contribution is -2.16. The predicted molar refractivity (Wildman–Crippen MR) is 58.4 cm³/mol. The van der Waals surface area contributed by atoms with Gasteiger partial charge in [0.2, 0.25) is 0 Å². The van der Waals surface area contributed by atoms with Crippen LogP contribution in [0.3, 0.4) is 0 Å². The maximum Gasteiger partial charge on any atom is 0.142 e. The molecule has 1 fully saturated rings. The molecular formula is C10H12BrNO2. The van der Waals surface area contributed by atoms with Crippen LogP contribution >= 0.6 is 15.9 Å². The molecule has 0 amide bonds. The van der Waals surface area contributed by atoms with E-state index in [0.717, 1.165) is 23.2 Å². The SMILES string of the molecule is Nc1cc(Br)ccc1O[C@@H]1CCOC1. The fourth-order valence-corrected chi connectivity index (χ4v) is 1.79. The molecule has 3 nitrogen and oxygen atoms in total. The lowest BCUT2D eigenvalue weighted by atomic mass is 10.3. The van der Waals surface area contributed by atoms with Crippen LogP contribution in [0.1, 0.15) is 6.42 Å². The van der Waals surface area contributed by atoms with Crippen molar-refractivity contribution in [2.45, 2.75) is 12.5 Å². The van der Waals surface area contributed by atoms with Gasteiger partial charge in [-0.3, -0.25) is 0 Å². The fraction of sp³-hybridized carbons (Fsp3) is 0.400. The van der Waals surface area contributed by atoms with Gasteiger partial charge in [-0.1, -0.05) is 15.9 Å². The van der Waals surface area contributed by atoms with Gasteiger partial charge in [0.1, 0.15) is 11.9 Å². The number of ether oxygens (including phenoxy) is 2. The van der Waals surface area contributed by atoms with Crippen LogP contribution in [0.2, 0.25) is 0 Å². The molecule has 2 rings (SSSR count). The topological polar surface area (TPSA) is 44.5 Å². The Kier molecular flexibility index (Phi) is 2.93. The minimum Gasteiger partial charge on any atom is -0.486 e. The Morgan fingerprint density at radius 3 is 3.00 bits per heavy atom. The van der Waals surface area contributed by atoms with Gasteiger partial charge < -0.3 is 15.2 Å². The van der Waals surface area contributed by atoms with Gasteiger partial charge in [-0.05, 0) is 18.2 Å².